The molecule has 0 spiro atoms. The fraction of sp³-hybridized carbons (Fsp3) is 0.571. The molecule has 0 radical (unpaired) electrons. The van der Waals surface area contributed by atoms with Crippen LogP contribution in [0, 0.1) is 0 Å². The molecule has 0 bridgehead atoms. The Labute approximate surface area is 115 Å². The molecule has 1 N–H and O–H groups in total. The molecule has 1 aliphatic heterocycles. The normalized spacial score (nSPS) is 17.9. The Morgan fingerprint density at radius 1 is 1.11 bits per heavy atom. The van der Waals surface area contributed by atoms with E-state index in [0.717, 1.165) is 25.7 Å². The molecule has 5 heteroatoms. The molecule has 0 amide bonds. The average molecular weight is 282 g/mol. The topological polar surface area (TPSA) is 49.4 Å². The first-order valence-electron chi connectivity index (χ1n) is 6.99. The zero-order chi connectivity index (χ0) is 13.7. The average Bonchev–Trinajstić information content (AvgIpc) is 2.69. The number of sulfonamides is 1. The highest BCUT2D eigenvalue weighted by Gasteiger charge is 2.27. The van der Waals surface area contributed by atoms with Crippen molar-refractivity contribution in [3.05, 3.63) is 24.3 Å². The number of nitrogens with zero attached hydrogens (tertiary/aromatic N) is 1. The van der Waals surface area contributed by atoms with Crippen LogP contribution in [0.3, 0.4) is 0 Å². The second-order valence-corrected chi connectivity index (χ2v) is 6.75. The first-order valence-corrected chi connectivity index (χ1v) is 8.43. The lowest BCUT2D eigenvalue weighted by molar-refractivity contribution is 0.424. The van der Waals surface area contributed by atoms with E-state index in [1.165, 1.54) is 0 Å². The number of rotatable bonds is 4. The van der Waals surface area contributed by atoms with E-state index < -0.39 is 10.0 Å². The number of anilines is 1. The van der Waals surface area contributed by atoms with Crippen molar-refractivity contribution in [2.75, 3.05) is 25.0 Å². The van der Waals surface area contributed by atoms with Crippen LogP contribution in [0.2, 0.25) is 0 Å². The van der Waals surface area contributed by atoms with E-state index in [0.29, 0.717) is 30.2 Å². The Bertz CT molecular complexity index is 506. The SMILES string of the molecule is CCNc1ccccc1S(=O)(=O)N1CCCCCC1. The van der Waals surface area contributed by atoms with Crippen LogP contribution < -0.4 is 5.32 Å². The van der Waals surface area contributed by atoms with Gasteiger partial charge in [0.15, 0.2) is 0 Å². The molecule has 19 heavy (non-hydrogen) atoms. The Morgan fingerprint density at radius 2 is 1.74 bits per heavy atom. The number of hydrogen-bond acceptors (Lipinski definition) is 3. The zero-order valence-electron chi connectivity index (χ0n) is 11.4. The van der Waals surface area contributed by atoms with Crippen molar-refractivity contribution >= 4 is 15.7 Å². The maximum Gasteiger partial charge on any atom is 0.245 e. The summed E-state index contributed by atoms with van der Waals surface area (Å²) in [6, 6.07) is 7.16. The summed E-state index contributed by atoms with van der Waals surface area (Å²) in [6.07, 6.45) is 4.17. The third-order valence-corrected chi connectivity index (χ3v) is 5.39. The van der Waals surface area contributed by atoms with E-state index in [-0.39, 0.29) is 0 Å². The van der Waals surface area contributed by atoms with Crippen LogP contribution in [0.15, 0.2) is 29.2 Å². The summed E-state index contributed by atoms with van der Waals surface area (Å²) in [5.74, 6) is 0. The minimum absolute atomic E-state index is 0.402. The molecule has 1 aromatic carbocycles. The highest BCUT2D eigenvalue weighted by atomic mass is 32.2. The molecule has 1 saturated heterocycles. The Kier molecular flexibility index (Phi) is 4.82. The quantitative estimate of drug-likeness (QED) is 0.923. The Hall–Kier alpha value is -1.07. The summed E-state index contributed by atoms with van der Waals surface area (Å²) < 4.78 is 27.1. The van der Waals surface area contributed by atoms with Crippen molar-refractivity contribution in [3.8, 4) is 0 Å². The zero-order valence-corrected chi connectivity index (χ0v) is 12.2. The Balaban J connectivity index is 2.32. The Morgan fingerprint density at radius 3 is 2.37 bits per heavy atom. The number of para-hydroxylation sites is 1. The van der Waals surface area contributed by atoms with Gasteiger partial charge >= 0.3 is 0 Å². The monoisotopic (exact) mass is 282 g/mol. The molecule has 0 aromatic heterocycles. The van der Waals surface area contributed by atoms with Gasteiger partial charge in [0.2, 0.25) is 10.0 Å². The largest absolute Gasteiger partial charge is 0.384 e. The summed E-state index contributed by atoms with van der Waals surface area (Å²) in [4.78, 5) is 0.402. The highest BCUT2D eigenvalue weighted by molar-refractivity contribution is 7.89. The molecule has 0 atom stereocenters. The first-order chi connectivity index (χ1) is 9.16. The van der Waals surface area contributed by atoms with Gasteiger partial charge in [-0.25, -0.2) is 8.42 Å². The van der Waals surface area contributed by atoms with Crippen LogP contribution in [-0.4, -0.2) is 32.4 Å². The van der Waals surface area contributed by atoms with Gasteiger partial charge in [0.1, 0.15) is 4.90 Å². The maximum absolute atomic E-state index is 12.7. The van der Waals surface area contributed by atoms with Gasteiger partial charge in [-0.1, -0.05) is 25.0 Å². The summed E-state index contributed by atoms with van der Waals surface area (Å²) in [5.41, 5.74) is 0.703. The highest BCUT2D eigenvalue weighted by Crippen LogP contribution is 2.26. The van der Waals surface area contributed by atoms with E-state index in [1.54, 1.807) is 16.4 Å². The molecule has 106 valence electrons. The van der Waals surface area contributed by atoms with Gasteiger partial charge in [-0.2, -0.15) is 4.31 Å². The van der Waals surface area contributed by atoms with Crippen LogP contribution in [0.4, 0.5) is 5.69 Å². The lowest BCUT2D eigenvalue weighted by Gasteiger charge is -2.21. The van der Waals surface area contributed by atoms with Crippen molar-refractivity contribution in [3.63, 3.8) is 0 Å². The second-order valence-electron chi connectivity index (χ2n) is 4.84. The van der Waals surface area contributed by atoms with Crippen molar-refractivity contribution in [2.45, 2.75) is 37.5 Å². The van der Waals surface area contributed by atoms with Crippen molar-refractivity contribution < 1.29 is 8.42 Å². The van der Waals surface area contributed by atoms with E-state index in [4.69, 9.17) is 0 Å². The summed E-state index contributed by atoms with van der Waals surface area (Å²) in [7, 11) is -3.37. The van der Waals surface area contributed by atoms with E-state index in [1.807, 2.05) is 19.1 Å². The van der Waals surface area contributed by atoms with Gasteiger partial charge < -0.3 is 5.32 Å². The van der Waals surface area contributed by atoms with E-state index in [9.17, 15) is 8.42 Å². The lowest BCUT2D eigenvalue weighted by atomic mass is 10.2. The van der Waals surface area contributed by atoms with Crippen molar-refractivity contribution in [2.24, 2.45) is 0 Å². The molecular formula is C14H22N2O2S. The molecule has 2 rings (SSSR count). The van der Waals surface area contributed by atoms with Gasteiger partial charge in [0, 0.05) is 19.6 Å². The third kappa shape index (κ3) is 3.28. The fourth-order valence-corrected chi connectivity index (χ4v) is 4.13. The molecule has 1 aromatic rings. The van der Waals surface area contributed by atoms with Gasteiger partial charge in [-0.15, -0.1) is 0 Å². The predicted octanol–water partition coefficient (Wildman–Crippen LogP) is 2.68. The number of nitrogens with one attached hydrogen (secondary N) is 1. The molecule has 0 saturated carbocycles. The van der Waals surface area contributed by atoms with Crippen LogP contribution in [0.25, 0.3) is 0 Å². The first kappa shape index (κ1) is 14.3. The van der Waals surface area contributed by atoms with Crippen LogP contribution in [0.1, 0.15) is 32.6 Å². The molecule has 0 unspecified atom stereocenters. The van der Waals surface area contributed by atoms with Crippen LogP contribution >= 0.6 is 0 Å². The third-order valence-electron chi connectivity index (χ3n) is 3.44. The fourth-order valence-electron chi connectivity index (χ4n) is 2.45. The number of hydrogen-bond donors (Lipinski definition) is 1. The van der Waals surface area contributed by atoms with Gasteiger partial charge in [-0.3, -0.25) is 0 Å². The second kappa shape index (κ2) is 6.39. The van der Waals surface area contributed by atoms with Gasteiger partial charge in [-0.05, 0) is 31.9 Å². The van der Waals surface area contributed by atoms with Crippen LogP contribution in [-0.2, 0) is 10.0 Å². The van der Waals surface area contributed by atoms with Crippen molar-refractivity contribution in [1.82, 2.24) is 4.31 Å². The molecule has 1 aliphatic rings. The van der Waals surface area contributed by atoms with Gasteiger partial charge in [0.25, 0.3) is 0 Å². The van der Waals surface area contributed by atoms with Crippen LogP contribution in [0.5, 0.6) is 0 Å². The summed E-state index contributed by atoms with van der Waals surface area (Å²) in [5, 5.41) is 3.13. The molecule has 0 aliphatic carbocycles. The molecule has 1 heterocycles. The molecular weight excluding hydrogens is 260 g/mol. The molecule has 4 nitrogen and oxygen atoms in total. The number of benzene rings is 1. The summed E-state index contributed by atoms with van der Waals surface area (Å²) in [6.45, 7) is 3.97. The summed E-state index contributed by atoms with van der Waals surface area (Å²) >= 11 is 0. The lowest BCUT2D eigenvalue weighted by Crippen LogP contribution is -2.32. The standard InChI is InChI=1S/C14H22N2O2S/c1-2-15-13-9-5-6-10-14(13)19(17,18)16-11-7-3-4-8-12-16/h5-6,9-10,15H,2-4,7-8,11-12H2,1H3. The maximum atomic E-state index is 12.7. The predicted molar refractivity (Wildman–Crippen MR) is 77.8 cm³/mol. The molecule has 1 fully saturated rings. The van der Waals surface area contributed by atoms with Gasteiger partial charge in [0.05, 0.1) is 5.69 Å². The minimum atomic E-state index is -3.37. The van der Waals surface area contributed by atoms with E-state index in [2.05, 4.69) is 5.32 Å². The van der Waals surface area contributed by atoms with E-state index >= 15 is 0 Å². The minimum Gasteiger partial charge on any atom is -0.384 e. The smallest absolute Gasteiger partial charge is 0.245 e. The van der Waals surface area contributed by atoms with Crippen molar-refractivity contribution in [1.29, 1.82) is 0 Å².